The Kier molecular flexibility index (Phi) is 8.49. The zero-order valence-electron chi connectivity index (χ0n) is 15.6. The van der Waals surface area contributed by atoms with E-state index in [1.807, 2.05) is 6.07 Å². The van der Waals surface area contributed by atoms with Gasteiger partial charge in [-0.2, -0.15) is 11.8 Å². The molecule has 0 radical (unpaired) electrons. The zero-order chi connectivity index (χ0) is 20.7. The molecule has 0 aliphatic rings. The van der Waals surface area contributed by atoms with E-state index < -0.39 is 10.0 Å². The number of hydrogen-bond acceptors (Lipinski definition) is 4. The molecule has 0 fully saturated rings. The summed E-state index contributed by atoms with van der Waals surface area (Å²) < 4.78 is 24.8. The van der Waals surface area contributed by atoms with Gasteiger partial charge in [0, 0.05) is 40.2 Å². The Morgan fingerprint density at radius 1 is 1.14 bits per heavy atom. The average Bonchev–Trinajstić information content (AvgIpc) is 2.63. The van der Waals surface area contributed by atoms with Crippen LogP contribution in [0.4, 0.5) is 5.69 Å². The summed E-state index contributed by atoms with van der Waals surface area (Å²) in [4.78, 5) is 12.2. The highest BCUT2D eigenvalue weighted by atomic mass is 35.5. The lowest BCUT2D eigenvalue weighted by molar-refractivity contribution is 0.0956. The Labute approximate surface area is 180 Å². The summed E-state index contributed by atoms with van der Waals surface area (Å²) in [6.07, 6.45) is 1.16. The molecule has 152 valence electrons. The van der Waals surface area contributed by atoms with Gasteiger partial charge in [0.2, 0.25) is 10.0 Å². The molecule has 0 aromatic heterocycles. The van der Waals surface area contributed by atoms with E-state index in [1.54, 1.807) is 55.1 Å². The first-order valence-electron chi connectivity index (χ1n) is 8.60. The van der Waals surface area contributed by atoms with Crippen molar-refractivity contribution >= 4 is 56.6 Å². The molecule has 2 aromatic rings. The van der Waals surface area contributed by atoms with Crippen molar-refractivity contribution in [3.63, 3.8) is 0 Å². The van der Waals surface area contributed by atoms with Crippen LogP contribution in [-0.2, 0) is 15.8 Å². The van der Waals surface area contributed by atoms with E-state index in [-0.39, 0.29) is 5.91 Å². The number of benzene rings is 2. The van der Waals surface area contributed by atoms with Crippen molar-refractivity contribution in [1.29, 1.82) is 0 Å². The zero-order valence-corrected chi connectivity index (χ0v) is 18.8. The third-order valence-electron chi connectivity index (χ3n) is 3.91. The SMILES string of the molecule is CCN(c1ccc(C(=O)NCCSCc2ccc(Cl)cc2Cl)cc1)S(C)(=O)=O. The monoisotopic (exact) mass is 460 g/mol. The first-order chi connectivity index (χ1) is 13.2. The second kappa shape index (κ2) is 10.4. The topological polar surface area (TPSA) is 66.5 Å². The molecule has 0 aliphatic carbocycles. The third kappa shape index (κ3) is 6.58. The van der Waals surface area contributed by atoms with Gasteiger partial charge < -0.3 is 5.32 Å². The van der Waals surface area contributed by atoms with Gasteiger partial charge >= 0.3 is 0 Å². The van der Waals surface area contributed by atoms with Gasteiger partial charge in [-0.1, -0.05) is 29.3 Å². The summed E-state index contributed by atoms with van der Waals surface area (Å²) >= 11 is 13.7. The van der Waals surface area contributed by atoms with Crippen LogP contribution < -0.4 is 9.62 Å². The molecule has 0 saturated carbocycles. The highest BCUT2D eigenvalue weighted by molar-refractivity contribution is 7.98. The molecule has 0 bridgehead atoms. The summed E-state index contributed by atoms with van der Waals surface area (Å²) in [5.74, 6) is 1.28. The normalized spacial score (nSPS) is 11.3. The molecule has 0 atom stereocenters. The van der Waals surface area contributed by atoms with Gasteiger partial charge in [-0.25, -0.2) is 8.42 Å². The van der Waals surface area contributed by atoms with E-state index in [2.05, 4.69) is 5.32 Å². The van der Waals surface area contributed by atoms with Crippen LogP contribution in [0.5, 0.6) is 0 Å². The summed E-state index contributed by atoms with van der Waals surface area (Å²) in [7, 11) is -3.34. The molecule has 0 aliphatic heterocycles. The van der Waals surface area contributed by atoms with Crippen LogP contribution in [-0.4, -0.2) is 39.4 Å². The minimum Gasteiger partial charge on any atom is -0.351 e. The lowest BCUT2D eigenvalue weighted by atomic mass is 10.2. The third-order valence-corrected chi connectivity index (χ3v) is 6.77. The van der Waals surface area contributed by atoms with Gasteiger partial charge in [0.1, 0.15) is 0 Å². The van der Waals surface area contributed by atoms with Crippen molar-refractivity contribution in [1.82, 2.24) is 5.32 Å². The molecule has 5 nitrogen and oxygen atoms in total. The fourth-order valence-corrected chi connectivity index (χ4v) is 4.94. The predicted molar refractivity (Wildman–Crippen MR) is 119 cm³/mol. The Hall–Kier alpha value is -1.41. The number of thioether (sulfide) groups is 1. The second-order valence-corrected chi connectivity index (χ2v) is 9.87. The molecule has 2 rings (SSSR count). The van der Waals surface area contributed by atoms with Gasteiger partial charge in [0.15, 0.2) is 0 Å². The minimum absolute atomic E-state index is 0.195. The lowest BCUT2D eigenvalue weighted by Crippen LogP contribution is -2.29. The first kappa shape index (κ1) is 22.9. The number of anilines is 1. The number of nitrogens with zero attached hydrogens (tertiary/aromatic N) is 1. The second-order valence-electron chi connectivity index (χ2n) is 6.02. The maximum atomic E-state index is 12.2. The average molecular weight is 461 g/mol. The van der Waals surface area contributed by atoms with E-state index in [0.717, 1.165) is 23.3 Å². The van der Waals surface area contributed by atoms with Gasteiger partial charge in [0.05, 0.1) is 11.9 Å². The number of rotatable bonds is 9. The van der Waals surface area contributed by atoms with Gasteiger partial charge in [0.25, 0.3) is 5.91 Å². The van der Waals surface area contributed by atoms with Crippen molar-refractivity contribution in [2.75, 3.05) is 29.4 Å². The highest BCUT2D eigenvalue weighted by Gasteiger charge is 2.15. The van der Waals surface area contributed by atoms with Gasteiger partial charge in [-0.15, -0.1) is 0 Å². The van der Waals surface area contributed by atoms with Gasteiger partial charge in [-0.05, 0) is 48.9 Å². The molecule has 0 unspecified atom stereocenters. The Morgan fingerprint density at radius 2 is 1.82 bits per heavy atom. The quantitative estimate of drug-likeness (QED) is 0.561. The number of sulfonamides is 1. The van der Waals surface area contributed by atoms with E-state index >= 15 is 0 Å². The van der Waals surface area contributed by atoms with Crippen molar-refractivity contribution in [2.24, 2.45) is 0 Å². The molecular weight excluding hydrogens is 439 g/mol. The fraction of sp³-hybridized carbons (Fsp3) is 0.316. The number of carbonyl (C=O) groups is 1. The molecule has 0 spiro atoms. The summed E-state index contributed by atoms with van der Waals surface area (Å²) in [6, 6.07) is 11.9. The van der Waals surface area contributed by atoms with Crippen LogP contribution in [0.15, 0.2) is 42.5 Å². The fourth-order valence-electron chi connectivity index (χ4n) is 2.55. The molecule has 1 amide bonds. The summed E-state index contributed by atoms with van der Waals surface area (Å²) in [6.45, 7) is 2.61. The van der Waals surface area contributed by atoms with Crippen molar-refractivity contribution in [3.05, 3.63) is 63.6 Å². The molecular formula is C19H22Cl2N2O3S2. The van der Waals surface area contributed by atoms with Crippen LogP contribution in [0.25, 0.3) is 0 Å². The Morgan fingerprint density at radius 3 is 2.39 bits per heavy atom. The molecule has 9 heteroatoms. The molecule has 28 heavy (non-hydrogen) atoms. The Bertz CT molecular complexity index is 919. The van der Waals surface area contributed by atoms with Crippen LogP contribution in [0.2, 0.25) is 10.0 Å². The number of carbonyl (C=O) groups excluding carboxylic acids is 1. The van der Waals surface area contributed by atoms with E-state index in [9.17, 15) is 13.2 Å². The van der Waals surface area contributed by atoms with E-state index in [0.29, 0.717) is 34.4 Å². The van der Waals surface area contributed by atoms with Crippen molar-refractivity contribution in [2.45, 2.75) is 12.7 Å². The predicted octanol–water partition coefficient (Wildman–Crippen LogP) is 4.44. The molecule has 2 aromatic carbocycles. The van der Waals surface area contributed by atoms with Crippen LogP contribution >= 0.6 is 35.0 Å². The van der Waals surface area contributed by atoms with E-state index in [1.165, 1.54) is 4.31 Å². The lowest BCUT2D eigenvalue weighted by Gasteiger charge is -2.20. The van der Waals surface area contributed by atoms with Crippen LogP contribution in [0.3, 0.4) is 0 Å². The largest absolute Gasteiger partial charge is 0.351 e. The smallest absolute Gasteiger partial charge is 0.251 e. The molecule has 1 N–H and O–H groups in total. The van der Waals surface area contributed by atoms with Crippen molar-refractivity contribution < 1.29 is 13.2 Å². The number of amides is 1. The van der Waals surface area contributed by atoms with Crippen LogP contribution in [0.1, 0.15) is 22.8 Å². The van der Waals surface area contributed by atoms with Crippen molar-refractivity contribution in [3.8, 4) is 0 Å². The number of nitrogens with one attached hydrogen (secondary N) is 1. The summed E-state index contributed by atoms with van der Waals surface area (Å²) in [5.41, 5.74) is 2.03. The highest BCUT2D eigenvalue weighted by Crippen LogP contribution is 2.24. The minimum atomic E-state index is -3.34. The molecule has 0 saturated heterocycles. The maximum absolute atomic E-state index is 12.2. The number of halogens is 2. The van der Waals surface area contributed by atoms with Gasteiger partial charge in [-0.3, -0.25) is 9.10 Å². The van der Waals surface area contributed by atoms with Crippen LogP contribution in [0, 0.1) is 0 Å². The maximum Gasteiger partial charge on any atom is 0.251 e. The number of hydrogen-bond donors (Lipinski definition) is 1. The Balaban J connectivity index is 1.81. The van der Waals surface area contributed by atoms with E-state index in [4.69, 9.17) is 23.2 Å². The standard InChI is InChI=1S/C19H22Cl2N2O3S2/c1-3-23(28(2,25)26)17-8-5-14(6-9-17)19(24)22-10-11-27-13-15-4-7-16(20)12-18(15)21/h4-9,12H,3,10-11,13H2,1-2H3,(H,22,24). The first-order valence-corrected chi connectivity index (χ1v) is 12.4. The summed E-state index contributed by atoms with van der Waals surface area (Å²) in [5, 5.41) is 4.10. The molecule has 0 heterocycles.